The number of aliphatic hydroxyl groups is 1. The first-order valence-corrected chi connectivity index (χ1v) is 5.05. The van der Waals surface area contributed by atoms with Crippen molar-refractivity contribution >= 4 is 16.9 Å². The second-order valence-electron chi connectivity index (χ2n) is 3.75. The molecule has 17 heavy (non-hydrogen) atoms. The second kappa shape index (κ2) is 4.18. The van der Waals surface area contributed by atoms with Crippen LogP contribution >= 0.6 is 0 Å². The van der Waals surface area contributed by atoms with E-state index in [-0.39, 0.29) is 5.56 Å². The molecule has 90 valence electrons. The van der Waals surface area contributed by atoms with E-state index >= 15 is 0 Å². The van der Waals surface area contributed by atoms with Crippen LogP contribution in [0.4, 0.5) is 4.39 Å². The van der Waals surface area contributed by atoms with Gasteiger partial charge in [0.2, 0.25) is 0 Å². The van der Waals surface area contributed by atoms with E-state index in [1.54, 1.807) is 29.9 Å². The van der Waals surface area contributed by atoms with Gasteiger partial charge in [-0.15, -0.1) is 0 Å². The summed E-state index contributed by atoms with van der Waals surface area (Å²) in [6.45, 7) is 0. The van der Waals surface area contributed by atoms with Gasteiger partial charge in [-0.2, -0.15) is 0 Å². The van der Waals surface area contributed by atoms with Crippen molar-refractivity contribution in [1.82, 2.24) is 4.57 Å². The largest absolute Gasteiger partial charge is 0.467 e. The molecule has 1 unspecified atom stereocenters. The second-order valence-corrected chi connectivity index (χ2v) is 3.75. The van der Waals surface area contributed by atoms with Gasteiger partial charge in [-0.1, -0.05) is 6.07 Å². The molecule has 0 spiro atoms. The van der Waals surface area contributed by atoms with E-state index in [4.69, 9.17) is 0 Å². The maximum Gasteiger partial charge on any atom is 0.339 e. The lowest BCUT2D eigenvalue weighted by molar-refractivity contribution is -0.150. The highest BCUT2D eigenvalue weighted by atomic mass is 19.1. The molecule has 2 aromatic rings. The molecule has 1 aromatic heterocycles. The van der Waals surface area contributed by atoms with Crippen molar-refractivity contribution < 1.29 is 19.0 Å². The van der Waals surface area contributed by atoms with Crippen LogP contribution in [0.3, 0.4) is 0 Å². The van der Waals surface area contributed by atoms with Crippen LogP contribution in [-0.2, 0) is 16.6 Å². The molecule has 0 amide bonds. The van der Waals surface area contributed by atoms with Crippen molar-refractivity contribution in [1.29, 1.82) is 0 Å². The molecule has 1 aromatic carbocycles. The number of halogens is 1. The molecule has 0 radical (unpaired) electrons. The van der Waals surface area contributed by atoms with Gasteiger partial charge in [-0.25, -0.2) is 9.18 Å². The molecule has 5 heteroatoms. The number of aromatic nitrogens is 1. The number of carbonyl (C=O) groups excluding carboxylic acids is 1. The average Bonchev–Trinajstić information content (AvgIpc) is 2.71. The minimum absolute atomic E-state index is 0.0736. The van der Waals surface area contributed by atoms with E-state index in [1.807, 2.05) is 0 Å². The van der Waals surface area contributed by atoms with Gasteiger partial charge in [0.05, 0.1) is 12.6 Å². The molecule has 1 atom stereocenters. The summed E-state index contributed by atoms with van der Waals surface area (Å²) in [5, 5.41) is 9.98. The Bertz CT molecular complexity index is 576. The number of fused-ring (bicyclic) bond motifs is 1. The predicted octanol–water partition coefficient (Wildman–Crippen LogP) is 1.52. The number of hydrogen-bond acceptors (Lipinski definition) is 3. The number of aryl methyl sites for hydroxylation is 1. The topological polar surface area (TPSA) is 51.5 Å². The molecule has 2 rings (SSSR count). The summed E-state index contributed by atoms with van der Waals surface area (Å²) >= 11 is 0. The highest BCUT2D eigenvalue weighted by molar-refractivity contribution is 5.84. The zero-order valence-electron chi connectivity index (χ0n) is 9.48. The fourth-order valence-electron chi connectivity index (χ4n) is 1.78. The Morgan fingerprint density at radius 1 is 1.47 bits per heavy atom. The van der Waals surface area contributed by atoms with Gasteiger partial charge in [0.15, 0.2) is 6.10 Å². The van der Waals surface area contributed by atoms with Crippen LogP contribution in [0.25, 0.3) is 10.9 Å². The van der Waals surface area contributed by atoms with Crippen molar-refractivity contribution in [2.45, 2.75) is 6.10 Å². The van der Waals surface area contributed by atoms with Gasteiger partial charge in [0.25, 0.3) is 0 Å². The minimum atomic E-state index is -1.59. The van der Waals surface area contributed by atoms with E-state index in [0.717, 1.165) is 7.11 Å². The number of ether oxygens (including phenoxy) is 1. The van der Waals surface area contributed by atoms with Crippen molar-refractivity contribution in [3.63, 3.8) is 0 Å². The molecule has 1 N–H and O–H groups in total. The van der Waals surface area contributed by atoms with E-state index in [1.165, 1.54) is 6.07 Å². The number of benzene rings is 1. The van der Waals surface area contributed by atoms with Crippen molar-refractivity contribution in [2.75, 3.05) is 7.11 Å². The number of nitrogens with zero attached hydrogens (tertiary/aromatic N) is 1. The SMILES string of the molecule is COC(=O)C(O)c1ccc2c(ccn2C)c1F. The molecule has 0 aliphatic rings. The third kappa shape index (κ3) is 1.78. The molecule has 1 heterocycles. The van der Waals surface area contributed by atoms with E-state index in [2.05, 4.69) is 4.74 Å². The lowest BCUT2D eigenvalue weighted by Gasteiger charge is -2.10. The number of carbonyl (C=O) groups is 1. The highest BCUT2D eigenvalue weighted by Gasteiger charge is 2.23. The number of esters is 1. The summed E-state index contributed by atoms with van der Waals surface area (Å²) in [5.74, 6) is -1.47. The summed E-state index contributed by atoms with van der Waals surface area (Å²) in [6.07, 6.45) is 0.117. The maximum atomic E-state index is 14.0. The first-order chi connectivity index (χ1) is 8.06. The molecule has 4 nitrogen and oxygen atoms in total. The van der Waals surface area contributed by atoms with Gasteiger partial charge in [-0.05, 0) is 12.1 Å². The van der Waals surface area contributed by atoms with Crippen LogP contribution in [0, 0.1) is 5.82 Å². The van der Waals surface area contributed by atoms with E-state index < -0.39 is 17.9 Å². The Hall–Kier alpha value is -1.88. The van der Waals surface area contributed by atoms with Crippen LogP contribution in [0.15, 0.2) is 24.4 Å². The number of rotatable bonds is 2. The van der Waals surface area contributed by atoms with Crippen LogP contribution in [0.2, 0.25) is 0 Å². The Labute approximate surface area is 97.2 Å². The Morgan fingerprint density at radius 3 is 2.82 bits per heavy atom. The molecular weight excluding hydrogens is 225 g/mol. The van der Waals surface area contributed by atoms with Crippen molar-refractivity contribution in [3.8, 4) is 0 Å². The summed E-state index contributed by atoms with van der Waals surface area (Å²) < 4.78 is 20.2. The van der Waals surface area contributed by atoms with Crippen LogP contribution < -0.4 is 0 Å². The van der Waals surface area contributed by atoms with Crippen molar-refractivity contribution in [3.05, 3.63) is 35.8 Å². The smallest absolute Gasteiger partial charge is 0.339 e. The molecule has 0 aliphatic carbocycles. The van der Waals surface area contributed by atoms with Gasteiger partial charge in [-0.3, -0.25) is 0 Å². The third-order valence-electron chi connectivity index (χ3n) is 2.75. The molecule has 0 saturated heterocycles. The minimum Gasteiger partial charge on any atom is -0.467 e. The van der Waals surface area contributed by atoms with Gasteiger partial charge in [0, 0.05) is 24.2 Å². The van der Waals surface area contributed by atoms with Crippen LogP contribution in [0.5, 0.6) is 0 Å². The van der Waals surface area contributed by atoms with Gasteiger partial charge in [0.1, 0.15) is 5.82 Å². The van der Waals surface area contributed by atoms with Gasteiger partial charge >= 0.3 is 5.97 Å². The molecule has 0 fully saturated rings. The zero-order valence-corrected chi connectivity index (χ0v) is 9.48. The zero-order chi connectivity index (χ0) is 12.6. The van der Waals surface area contributed by atoms with E-state index in [9.17, 15) is 14.3 Å². The highest BCUT2D eigenvalue weighted by Crippen LogP contribution is 2.26. The third-order valence-corrected chi connectivity index (χ3v) is 2.75. The molecular formula is C12H12FNO3. The number of hydrogen-bond donors (Lipinski definition) is 1. The summed E-state index contributed by atoms with van der Waals surface area (Å²) in [6, 6.07) is 4.64. The Balaban J connectivity index is 2.56. The fourth-order valence-corrected chi connectivity index (χ4v) is 1.78. The predicted molar refractivity (Wildman–Crippen MR) is 59.9 cm³/mol. The monoisotopic (exact) mass is 237 g/mol. The maximum absolute atomic E-state index is 14.0. The van der Waals surface area contributed by atoms with Crippen molar-refractivity contribution in [2.24, 2.45) is 7.05 Å². The summed E-state index contributed by atoms with van der Waals surface area (Å²) in [4.78, 5) is 11.2. The Kier molecular flexibility index (Phi) is 2.85. The number of methoxy groups -OCH3 is 1. The normalized spacial score (nSPS) is 12.7. The first-order valence-electron chi connectivity index (χ1n) is 5.05. The summed E-state index contributed by atoms with van der Waals surface area (Å²) in [7, 11) is 2.93. The van der Waals surface area contributed by atoms with E-state index in [0.29, 0.717) is 10.9 Å². The van der Waals surface area contributed by atoms with Crippen LogP contribution in [-0.4, -0.2) is 22.8 Å². The Morgan fingerprint density at radius 2 is 2.18 bits per heavy atom. The van der Waals surface area contributed by atoms with Crippen LogP contribution in [0.1, 0.15) is 11.7 Å². The first kappa shape index (κ1) is 11.6. The number of aliphatic hydroxyl groups excluding tert-OH is 1. The molecule has 0 bridgehead atoms. The molecule has 0 saturated carbocycles. The fraction of sp³-hybridized carbons (Fsp3) is 0.250. The van der Waals surface area contributed by atoms with Gasteiger partial charge < -0.3 is 14.4 Å². The standard InChI is InChI=1S/C12H12FNO3/c1-14-6-5-7-9(14)4-3-8(10(7)13)11(15)12(16)17-2/h3-6,11,15H,1-2H3. The average molecular weight is 237 g/mol. The molecule has 0 aliphatic heterocycles. The lowest BCUT2D eigenvalue weighted by atomic mass is 10.1. The lowest BCUT2D eigenvalue weighted by Crippen LogP contribution is -2.14. The summed E-state index contributed by atoms with van der Waals surface area (Å²) in [5.41, 5.74) is 0.624. The quantitative estimate of drug-likeness (QED) is 0.806.